The van der Waals surface area contributed by atoms with Crippen LogP contribution in [0.1, 0.15) is 21.5 Å². The summed E-state index contributed by atoms with van der Waals surface area (Å²) >= 11 is 5.89. The number of carbonyl (C=O) groups excluding carboxylic acids is 1. The van der Waals surface area contributed by atoms with Gasteiger partial charge in [0.15, 0.2) is 0 Å². The lowest BCUT2D eigenvalue weighted by Gasteiger charge is -2.12. The van der Waals surface area contributed by atoms with E-state index in [4.69, 9.17) is 21.3 Å². The number of hydroxylamine groups is 1. The molecule has 0 saturated heterocycles. The molecule has 0 radical (unpaired) electrons. The molecule has 3 aromatic carbocycles. The van der Waals surface area contributed by atoms with Gasteiger partial charge < -0.3 is 0 Å². The molecule has 3 aromatic rings. The number of rotatable bonds is 9. The van der Waals surface area contributed by atoms with Crippen LogP contribution in [0.15, 0.2) is 77.7 Å². The quantitative estimate of drug-likeness (QED) is 0.470. The van der Waals surface area contributed by atoms with E-state index in [1.54, 1.807) is 48.5 Å². The SMILES string of the molecule is O=C(NOCc1ccccc1)c1cc(S(=O)(=O)NOCc2ccccc2)c(Cl)cc1F. The Morgan fingerprint density at radius 2 is 1.45 bits per heavy atom. The summed E-state index contributed by atoms with van der Waals surface area (Å²) in [4.78, 5) is 23.8. The smallest absolute Gasteiger partial charge is 0.277 e. The lowest BCUT2D eigenvalue weighted by molar-refractivity contribution is 0.0230. The number of hydrogen-bond donors (Lipinski definition) is 2. The van der Waals surface area contributed by atoms with Crippen LogP contribution in [0.3, 0.4) is 0 Å². The third-order valence-electron chi connectivity index (χ3n) is 4.05. The van der Waals surface area contributed by atoms with Crippen LogP contribution >= 0.6 is 11.6 Å². The molecule has 0 unspecified atom stereocenters. The minimum atomic E-state index is -4.29. The number of amides is 1. The summed E-state index contributed by atoms with van der Waals surface area (Å²) < 4.78 is 39.3. The highest BCUT2D eigenvalue weighted by molar-refractivity contribution is 7.89. The maximum absolute atomic E-state index is 14.2. The van der Waals surface area contributed by atoms with E-state index < -0.39 is 37.2 Å². The zero-order valence-corrected chi connectivity index (χ0v) is 17.6. The molecule has 1 amide bonds. The standard InChI is InChI=1S/C21H18ClFN2O5S/c22-18-12-19(23)17(21(26)24-29-13-15-7-3-1-4-8-15)11-20(18)31(27,28)25-30-14-16-9-5-2-6-10-16/h1-12,25H,13-14H2,(H,24,26). The first kappa shape index (κ1) is 22.9. The Hall–Kier alpha value is -2.82. The molecule has 31 heavy (non-hydrogen) atoms. The van der Waals surface area contributed by atoms with Gasteiger partial charge in [-0.05, 0) is 23.3 Å². The fourth-order valence-electron chi connectivity index (χ4n) is 2.53. The highest BCUT2D eigenvalue weighted by atomic mass is 35.5. The molecule has 0 spiro atoms. The van der Waals surface area contributed by atoms with Crippen molar-refractivity contribution < 1.29 is 27.3 Å². The van der Waals surface area contributed by atoms with Crippen molar-refractivity contribution in [1.82, 2.24) is 10.4 Å². The fourth-order valence-corrected chi connectivity index (χ4v) is 3.88. The van der Waals surface area contributed by atoms with Gasteiger partial charge in [0.2, 0.25) is 0 Å². The van der Waals surface area contributed by atoms with E-state index in [2.05, 4.69) is 5.48 Å². The Bertz CT molecular complexity index is 1150. The first-order valence-corrected chi connectivity index (χ1v) is 10.9. The van der Waals surface area contributed by atoms with Gasteiger partial charge in [-0.3, -0.25) is 14.5 Å². The molecule has 3 rings (SSSR count). The monoisotopic (exact) mass is 464 g/mol. The number of hydrogen-bond acceptors (Lipinski definition) is 5. The molecule has 162 valence electrons. The molecule has 0 fully saturated rings. The van der Waals surface area contributed by atoms with Crippen LogP contribution in [0.4, 0.5) is 4.39 Å². The zero-order chi connectivity index (χ0) is 22.3. The molecule has 0 aliphatic rings. The number of benzene rings is 3. The summed E-state index contributed by atoms with van der Waals surface area (Å²) in [7, 11) is -4.29. The highest BCUT2D eigenvalue weighted by Crippen LogP contribution is 2.25. The van der Waals surface area contributed by atoms with Crippen molar-refractivity contribution in [2.75, 3.05) is 0 Å². The normalized spacial score (nSPS) is 11.3. The second kappa shape index (κ2) is 10.5. The minimum Gasteiger partial charge on any atom is -0.282 e. The molecular weight excluding hydrogens is 447 g/mol. The van der Waals surface area contributed by atoms with Gasteiger partial charge >= 0.3 is 0 Å². The summed E-state index contributed by atoms with van der Waals surface area (Å²) in [5.41, 5.74) is 3.04. The first-order valence-electron chi connectivity index (χ1n) is 8.99. The van der Waals surface area contributed by atoms with Crippen molar-refractivity contribution in [2.45, 2.75) is 18.1 Å². The fraction of sp³-hybridized carbons (Fsp3) is 0.0952. The Morgan fingerprint density at radius 1 is 0.903 bits per heavy atom. The predicted molar refractivity (Wildman–Crippen MR) is 112 cm³/mol. The Kier molecular flexibility index (Phi) is 7.72. The van der Waals surface area contributed by atoms with E-state index in [0.717, 1.165) is 23.3 Å². The molecule has 7 nitrogen and oxygen atoms in total. The predicted octanol–water partition coefficient (Wildman–Crippen LogP) is 3.75. The third kappa shape index (κ3) is 6.33. The summed E-state index contributed by atoms with van der Waals surface area (Å²) in [6.45, 7) is 0.00137. The van der Waals surface area contributed by atoms with Crippen molar-refractivity contribution in [3.05, 3.63) is 100 Å². The molecule has 10 heteroatoms. The lowest BCUT2D eigenvalue weighted by atomic mass is 10.2. The lowest BCUT2D eigenvalue weighted by Crippen LogP contribution is -2.27. The van der Waals surface area contributed by atoms with Gasteiger partial charge in [-0.25, -0.2) is 18.3 Å². The van der Waals surface area contributed by atoms with Gasteiger partial charge in [0.1, 0.15) is 10.7 Å². The summed E-state index contributed by atoms with van der Waals surface area (Å²) in [6, 6.07) is 19.4. The van der Waals surface area contributed by atoms with Gasteiger partial charge in [-0.15, -0.1) is 0 Å². The van der Waals surface area contributed by atoms with Crippen LogP contribution in [0.25, 0.3) is 0 Å². The molecule has 0 aliphatic heterocycles. The molecular formula is C21H18ClFN2O5S. The largest absolute Gasteiger partial charge is 0.282 e. The van der Waals surface area contributed by atoms with Crippen LogP contribution in [0.2, 0.25) is 5.02 Å². The van der Waals surface area contributed by atoms with Gasteiger partial charge in [-0.1, -0.05) is 77.2 Å². The Labute approximate surface area is 183 Å². The summed E-state index contributed by atoms with van der Waals surface area (Å²) in [5, 5.41) is -0.407. The maximum Gasteiger partial charge on any atom is 0.277 e. The topological polar surface area (TPSA) is 93.7 Å². The van der Waals surface area contributed by atoms with Crippen molar-refractivity contribution in [3.63, 3.8) is 0 Å². The molecule has 0 aliphatic carbocycles. The molecule has 2 N–H and O–H groups in total. The van der Waals surface area contributed by atoms with Crippen LogP contribution in [-0.4, -0.2) is 14.3 Å². The van der Waals surface area contributed by atoms with Gasteiger partial charge in [0.25, 0.3) is 15.9 Å². The molecule has 0 heterocycles. The van der Waals surface area contributed by atoms with Gasteiger partial charge in [-0.2, -0.15) is 0 Å². The minimum absolute atomic E-state index is 0.0421. The summed E-state index contributed by atoms with van der Waals surface area (Å²) in [6.07, 6.45) is 0. The van der Waals surface area contributed by atoms with E-state index in [1.165, 1.54) is 0 Å². The first-order chi connectivity index (χ1) is 14.9. The van der Waals surface area contributed by atoms with E-state index in [9.17, 15) is 17.6 Å². The average Bonchev–Trinajstić information content (AvgIpc) is 2.75. The number of nitrogens with one attached hydrogen (secondary N) is 2. The second-order valence-electron chi connectivity index (χ2n) is 6.33. The average molecular weight is 465 g/mol. The molecule has 0 aromatic heterocycles. The Balaban J connectivity index is 1.68. The highest BCUT2D eigenvalue weighted by Gasteiger charge is 2.24. The van der Waals surface area contributed by atoms with Gasteiger partial charge in [0.05, 0.1) is 23.8 Å². The Morgan fingerprint density at radius 3 is 2.03 bits per heavy atom. The molecule has 0 atom stereocenters. The maximum atomic E-state index is 14.2. The van der Waals surface area contributed by atoms with E-state index in [-0.39, 0.29) is 13.2 Å². The summed E-state index contributed by atoms with van der Waals surface area (Å²) in [5.74, 6) is -1.97. The van der Waals surface area contributed by atoms with E-state index in [1.807, 2.05) is 17.0 Å². The third-order valence-corrected chi connectivity index (χ3v) is 5.73. The van der Waals surface area contributed by atoms with Crippen molar-refractivity contribution >= 4 is 27.5 Å². The van der Waals surface area contributed by atoms with Crippen molar-refractivity contribution in [2.24, 2.45) is 0 Å². The van der Waals surface area contributed by atoms with E-state index >= 15 is 0 Å². The molecule has 0 bridgehead atoms. The molecule has 0 saturated carbocycles. The van der Waals surface area contributed by atoms with Crippen LogP contribution in [0, 0.1) is 5.82 Å². The number of carbonyl (C=O) groups is 1. The van der Waals surface area contributed by atoms with Crippen LogP contribution in [0.5, 0.6) is 0 Å². The van der Waals surface area contributed by atoms with E-state index in [0.29, 0.717) is 0 Å². The van der Waals surface area contributed by atoms with Crippen LogP contribution in [-0.2, 0) is 32.9 Å². The zero-order valence-electron chi connectivity index (χ0n) is 16.0. The van der Waals surface area contributed by atoms with Crippen molar-refractivity contribution in [1.29, 1.82) is 0 Å². The number of sulfonamides is 1. The van der Waals surface area contributed by atoms with Crippen molar-refractivity contribution in [3.8, 4) is 0 Å². The second-order valence-corrected chi connectivity index (χ2v) is 8.35. The number of halogens is 2. The van der Waals surface area contributed by atoms with Gasteiger partial charge in [0, 0.05) is 0 Å². The van der Waals surface area contributed by atoms with Crippen LogP contribution < -0.4 is 10.4 Å².